The summed E-state index contributed by atoms with van der Waals surface area (Å²) in [6.07, 6.45) is 0.311. The molecular weight excluding hydrogens is 252 g/mol. The van der Waals surface area contributed by atoms with E-state index in [1.165, 1.54) is 25.1 Å². The Labute approximate surface area is 106 Å². The van der Waals surface area contributed by atoms with Crippen LogP contribution in [-0.2, 0) is 10.0 Å². The summed E-state index contributed by atoms with van der Waals surface area (Å²) >= 11 is 0. The van der Waals surface area contributed by atoms with Gasteiger partial charge in [0.2, 0.25) is 10.0 Å². The van der Waals surface area contributed by atoms with Gasteiger partial charge < -0.3 is 0 Å². The van der Waals surface area contributed by atoms with Crippen molar-refractivity contribution in [3.63, 3.8) is 0 Å². The van der Waals surface area contributed by atoms with Gasteiger partial charge >= 0.3 is 0 Å². The molecule has 0 fully saturated rings. The van der Waals surface area contributed by atoms with Crippen LogP contribution in [0.15, 0.2) is 29.2 Å². The normalized spacial score (nSPS) is 12.7. The maximum absolute atomic E-state index is 11.9. The van der Waals surface area contributed by atoms with Crippen LogP contribution < -0.4 is 4.72 Å². The van der Waals surface area contributed by atoms with Crippen LogP contribution >= 0.6 is 0 Å². The minimum atomic E-state index is -3.76. The summed E-state index contributed by atoms with van der Waals surface area (Å²) in [5.74, 6) is -0.125. The van der Waals surface area contributed by atoms with E-state index >= 15 is 0 Å². The molecule has 0 saturated heterocycles. The molecule has 1 N–H and O–H groups in total. The van der Waals surface area contributed by atoms with Gasteiger partial charge in [0.1, 0.15) is 6.04 Å². The fourth-order valence-electron chi connectivity index (χ4n) is 1.37. The zero-order valence-electron chi connectivity index (χ0n) is 10.2. The Hall–Kier alpha value is -1.71. The van der Waals surface area contributed by atoms with E-state index in [2.05, 4.69) is 4.72 Å². The van der Waals surface area contributed by atoms with Gasteiger partial charge in [-0.2, -0.15) is 9.98 Å². The number of sulfonamides is 1. The first-order valence-electron chi connectivity index (χ1n) is 5.46. The Kier molecular flexibility index (Phi) is 4.59. The fourth-order valence-corrected chi connectivity index (χ4v) is 2.56. The number of nitriles is 1. The van der Waals surface area contributed by atoms with Gasteiger partial charge in [-0.1, -0.05) is 19.1 Å². The fraction of sp³-hybridized carbons (Fsp3) is 0.333. The summed E-state index contributed by atoms with van der Waals surface area (Å²) in [7, 11) is -3.76. The predicted octanol–water partition coefficient (Wildman–Crippen LogP) is 1.47. The van der Waals surface area contributed by atoms with Crippen molar-refractivity contribution < 1.29 is 13.2 Å². The van der Waals surface area contributed by atoms with Gasteiger partial charge in [-0.05, 0) is 19.1 Å². The molecule has 0 aliphatic rings. The van der Waals surface area contributed by atoms with Gasteiger partial charge in [-0.15, -0.1) is 0 Å². The van der Waals surface area contributed by atoms with Crippen molar-refractivity contribution in [3.8, 4) is 6.07 Å². The zero-order valence-corrected chi connectivity index (χ0v) is 11.0. The lowest BCUT2D eigenvalue weighted by Gasteiger charge is -2.08. The second kappa shape index (κ2) is 5.76. The molecule has 0 radical (unpaired) electrons. The standard InChI is InChI=1S/C12H14N2O3S/c1-3-12(15)10-5-4-6-11(7-10)18(16,17)14-9(2)8-13/h4-7,9,14H,3H2,1-2H3/t9-/m1/s1. The van der Waals surface area contributed by atoms with Gasteiger partial charge in [0.15, 0.2) is 5.78 Å². The first-order valence-corrected chi connectivity index (χ1v) is 6.94. The van der Waals surface area contributed by atoms with E-state index in [1.54, 1.807) is 19.1 Å². The molecule has 0 unspecified atom stereocenters. The Balaban J connectivity index is 3.11. The van der Waals surface area contributed by atoms with Crippen molar-refractivity contribution in [2.24, 2.45) is 0 Å². The number of ketones is 1. The molecule has 0 bridgehead atoms. The van der Waals surface area contributed by atoms with Crippen LogP contribution in [-0.4, -0.2) is 20.2 Å². The number of benzene rings is 1. The number of hydrogen-bond donors (Lipinski definition) is 1. The molecule has 96 valence electrons. The summed E-state index contributed by atoms with van der Waals surface area (Å²) in [6, 6.07) is 6.75. The summed E-state index contributed by atoms with van der Waals surface area (Å²) in [4.78, 5) is 11.5. The molecule has 0 spiro atoms. The average molecular weight is 266 g/mol. The molecule has 1 aromatic rings. The molecule has 0 saturated carbocycles. The first-order chi connectivity index (χ1) is 8.40. The van der Waals surface area contributed by atoms with Crippen LogP contribution in [0.5, 0.6) is 0 Å². The maximum Gasteiger partial charge on any atom is 0.241 e. The maximum atomic E-state index is 11.9. The largest absolute Gasteiger partial charge is 0.294 e. The van der Waals surface area contributed by atoms with Crippen molar-refractivity contribution in [2.75, 3.05) is 0 Å². The monoisotopic (exact) mass is 266 g/mol. The number of nitrogens with zero attached hydrogens (tertiary/aromatic N) is 1. The predicted molar refractivity (Wildman–Crippen MR) is 66.5 cm³/mol. The Morgan fingerprint density at radius 3 is 2.72 bits per heavy atom. The molecule has 1 rings (SSSR count). The summed E-state index contributed by atoms with van der Waals surface area (Å²) in [5, 5.41) is 8.59. The van der Waals surface area contributed by atoms with Crippen LogP contribution in [0, 0.1) is 11.3 Å². The second-order valence-electron chi connectivity index (χ2n) is 3.78. The quantitative estimate of drug-likeness (QED) is 0.817. The molecule has 1 aromatic carbocycles. The first kappa shape index (κ1) is 14.4. The van der Waals surface area contributed by atoms with Gasteiger partial charge in [0, 0.05) is 12.0 Å². The highest BCUT2D eigenvalue weighted by molar-refractivity contribution is 7.89. The molecule has 0 aliphatic heterocycles. The Morgan fingerprint density at radius 2 is 2.17 bits per heavy atom. The van der Waals surface area contributed by atoms with Crippen molar-refractivity contribution in [3.05, 3.63) is 29.8 Å². The number of carbonyl (C=O) groups is 1. The van der Waals surface area contributed by atoms with E-state index in [0.717, 1.165) is 0 Å². The van der Waals surface area contributed by atoms with E-state index in [9.17, 15) is 13.2 Å². The van der Waals surface area contributed by atoms with Crippen LogP contribution in [0.25, 0.3) is 0 Å². The highest BCUT2D eigenvalue weighted by Crippen LogP contribution is 2.13. The summed E-state index contributed by atoms with van der Waals surface area (Å²) in [6.45, 7) is 3.15. The summed E-state index contributed by atoms with van der Waals surface area (Å²) < 4.78 is 26.0. The van der Waals surface area contributed by atoms with E-state index in [0.29, 0.717) is 12.0 Å². The minimum absolute atomic E-state index is 0.0103. The van der Waals surface area contributed by atoms with Gasteiger partial charge in [-0.25, -0.2) is 8.42 Å². The smallest absolute Gasteiger partial charge is 0.241 e. The second-order valence-corrected chi connectivity index (χ2v) is 5.49. The van der Waals surface area contributed by atoms with Gasteiger partial charge in [0.25, 0.3) is 0 Å². The highest BCUT2D eigenvalue weighted by atomic mass is 32.2. The van der Waals surface area contributed by atoms with E-state index in [1.807, 2.05) is 0 Å². The van der Waals surface area contributed by atoms with Gasteiger partial charge in [-0.3, -0.25) is 4.79 Å². The molecule has 0 heterocycles. The zero-order chi connectivity index (χ0) is 13.8. The molecule has 5 nitrogen and oxygen atoms in total. The third-order valence-electron chi connectivity index (χ3n) is 2.31. The number of rotatable bonds is 5. The Morgan fingerprint density at radius 1 is 1.50 bits per heavy atom. The van der Waals surface area contributed by atoms with Gasteiger partial charge in [0.05, 0.1) is 11.0 Å². The van der Waals surface area contributed by atoms with Crippen LogP contribution in [0.3, 0.4) is 0 Å². The molecule has 0 aliphatic carbocycles. The lowest BCUT2D eigenvalue weighted by atomic mass is 10.1. The minimum Gasteiger partial charge on any atom is -0.294 e. The molecule has 1 atom stereocenters. The highest BCUT2D eigenvalue weighted by Gasteiger charge is 2.18. The van der Waals surface area contributed by atoms with Crippen molar-refractivity contribution in [1.82, 2.24) is 4.72 Å². The van der Waals surface area contributed by atoms with Crippen LogP contribution in [0.4, 0.5) is 0 Å². The van der Waals surface area contributed by atoms with E-state index < -0.39 is 16.1 Å². The van der Waals surface area contributed by atoms with Crippen LogP contribution in [0.1, 0.15) is 30.6 Å². The average Bonchev–Trinajstić information content (AvgIpc) is 2.37. The molecule has 6 heteroatoms. The summed E-state index contributed by atoms with van der Waals surface area (Å²) in [5.41, 5.74) is 0.352. The lowest BCUT2D eigenvalue weighted by Crippen LogP contribution is -2.31. The molecule has 0 amide bonds. The third-order valence-corrected chi connectivity index (χ3v) is 3.85. The molecular formula is C12H14N2O3S. The van der Waals surface area contributed by atoms with Crippen molar-refractivity contribution >= 4 is 15.8 Å². The topological polar surface area (TPSA) is 87.0 Å². The van der Waals surface area contributed by atoms with Crippen molar-refractivity contribution in [2.45, 2.75) is 31.2 Å². The number of nitrogens with one attached hydrogen (secondary N) is 1. The van der Waals surface area contributed by atoms with Crippen molar-refractivity contribution in [1.29, 1.82) is 5.26 Å². The third kappa shape index (κ3) is 3.39. The SMILES string of the molecule is CCC(=O)c1cccc(S(=O)(=O)N[C@H](C)C#N)c1. The Bertz CT molecular complexity index is 588. The molecule has 0 aromatic heterocycles. The van der Waals surface area contributed by atoms with E-state index in [4.69, 9.17) is 5.26 Å². The molecule has 18 heavy (non-hydrogen) atoms. The number of carbonyl (C=O) groups excluding carboxylic acids is 1. The van der Waals surface area contributed by atoms with Crippen LogP contribution in [0.2, 0.25) is 0 Å². The number of hydrogen-bond acceptors (Lipinski definition) is 4. The van der Waals surface area contributed by atoms with E-state index in [-0.39, 0.29) is 10.7 Å². The lowest BCUT2D eigenvalue weighted by molar-refractivity contribution is 0.0988. The number of Topliss-reactive ketones (excluding diaryl/α,β-unsaturated/α-hetero) is 1.